The van der Waals surface area contributed by atoms with Crippen LogP contribution in [0.5, 0.6) is 0 Å². The van der Waals surface area contributed by atoms with E-state index < -0.39 is 5.97 Å². The second-order valence-corrected chi connectivity index (χ2v) is 5.14. The molecule has 0 bridgehead atoms. The number of rotatable bonds is 7. The van der Waals surface area contributed by atoms with E-state index in [1.807, 2.05) is 13.8 Å². The van der Waals surface area contributed by atoms with Crippen LogP contribution in [0.4, 0.5) is 0 Å². The van der Waals surface area contributed by atoms with Crippen LogP contribution >= 0.6 is 0 Å². The van der Waals surface area contributed by atoms with Gasteiger partial charge in [0.2, 0.25) is 0 Å². The predicted molar refractivity (Wildman–Crippen MR) is 95.7 cm³/mol. The first-order valence-electron chi connectivity index (χ1n) is 7.49. The van der Waals surface area contributed by atoms with Crippen molar-refractivity contribution < 1.29 is 33.7 Å². The SMILES string of the molecule is C=C(C)C(=O)OC.C=C(C)C(=O)OCC(C)C.C=CC(=O)OCCO. The Balaban J connectivity index is -0.000000296. The van der Waals surface area contributed by atoms with E-state index in [9.17, 15) is 14.4 Å². The van der Waals surface area contributed by atoms with E-state index in [1.165, 1.54) is 7.11 Å². The monoisotopic (exact) mass is 358 g/mol. The number of hydrogen-bond acceptors (Lipinski definition) is 7. The molecule has 0 rings (SSSR count). The van der Waals surface area contributed by atoms with Gasteiger partial charge in [0.05, 0.1) is 20.3 Å². The summed E-state index contributed by atoms with van der Waals surface area (Å²) in [5, 5.41) is 8.10. The van der Waals surface area contributed by atoms with Crippen LogP contribution < -0.4 is 0 Å². The van der Waals surface area contributed by atoms with Crippen molar-refractivity contribution in [3.8, 4) is 0 Å². The third-order valence-corrected chi connectivity index (χ3v) is 1.93. The molecule has 0 aliphatic heterocycles. The van der Waals surface area contributed by atoms with Crippen molar-refractivity contribution in [1.29, 1.82) is 0 Å². The number of esters is 3. The molecule has 0 aliphatic carbocycles. The minimum absolute atomic E-state index is 0.0465. The third kappa shape index (κ3) is 24.0. The van der Waals surface area contributed by atoms with E-state index in [1.54, 1.807) is 13.8 Å². The average molecular weight is 358 g/mol. The standard InChI is InChI=1S/C8H14O2.C5H8O3.C5H8O2/c1-6(2)5-10-8(9)7(3)4;1-2-5(7)8-4-3-6;1-4(2)5(6)7-3/h6H,3,5H2,1-2,4H3;2,6H,1,3-4H2;1H2,2-3H3. The van der Waals surface area contributed by atoms with Gasteiger partial charge in [-0.1, -0.05) is 33.6 Å². The fraction of sp³-hybridized carbons (Fsp3) is 0.500. The second kappa shape index (κ2) is 17.9. The topological polar surface area (TPSA) is 99.1 Å². The number of ether oxygens (including phenoxy) is 3. The molecule has 0 fully saturated rings. The Kier molecular flexibility index (Phi) is 19.7. The molecule has 7 nitrogen and oxygen atoms in total. The molecule has 0 amide bonds. The van der Waals surface area contributed by atoms with Crippen LogP contribution in [0.1, 0.15) is 27.7 Å². The molecule has 0 aromatic heterocycles. The summed E-state index contributed by atoms with van der Waals surface area (Å²) in [6.45, 7) is 17.6. The van der Waals surface area contributed by atoms with Crippen molar-refractivity contribution in [2.45, 2.75) is 27.7 Å². The summed E-state index contributed by atoms with van der Waals surface area (Å²) in [5.74, 6) is -0.754. The lowest BCUT2D eigenvalue weighted by molar-refractivity contribution is -0.140. The molecule has 0 saturated heterocycles. The summed E-state index contributed by atoms with van der Waals surface area (Å²) >= 11 is 0. The van der Waals surface area contributed by atoms with Gasteiger partial charge in [-0.3, -0.25) is 0 Å². The number of hydrogen-bond donors (Lipinski definition) is 1. The lowest BCUT2D eigenvalue weighted by Gasteiger charge is -2.05. The summed E-state index contributed by atoms with van der Waals surface area (Å²) in [4.78, 5) is 31.0. The van der Waals surface area contributed by atoms with Crippen molar-refractivity contribution in [3.63, 3.8) is 0 Å². The van der Waals surface area contributed by atoms with Crippen molar-refractivity contribution in [2.24, 2.45) is 5.92 Å². The van der Waals surface area contributed by atoms with Gasteiger partial charge in [0.25, 0.3) is 0 Å². The highest BCUT2D eigenvalue weighted by Gasteiger charge is 2.03. The first-order valence-corrected chi connectivity index (χ1v) is 7.49. The molecule has 0 saturated carbocycles. The highest BCUT2D eigenvalue weighted by molar-refractivity contribution is 5.87. The van der Waals surface area contributed by atoms with Crippen molar-refractivity contribution >= 4 is 17.9 Å². The number of carbonyl (C=O) groups is 3. The van der Waals surface area contributed by atoms with Crippen LogP contribution in [0.15, 0.2) is 37.0 Å². The Bertz CT molecular complexity index is 450. The molecule has 0 spiro atoms. The van der Waals surface area contributed by atoms with E-state index >= 15 is 0 Å². The van der Waals surface area contributed by atoms with Crippen molar-refractivity contribution in [2.75, 3.05) is 26.9 Å². The zero-order valence-electron chi connectivity index (χ0n) is 15.8. The minimum atomic E-state index is -0.501. The van der Waals surface area contributed by atoms with E-state index in [0.717, 1.165) is 6.08 Å². The van der Waals surface area contributed by atoms with Crippen molar-refractivity contribution in [1.82, 2.24) is 0 Å². The molecule has 7 heteroatoms. The maximum absolute atomic E-state index is 10.7. The minimum Gasteiger partial charge on any atom is -0.466 e. The second-order valence-electron chi connectivity index (χ2n) is 5.14. The lowest BCUT2D eigenvalue weighted by Crippen LogP contribution is -2.09. The van der Waals surface area contributed by atoms with Crippen molar-refractivity contribution in [3.05, 3.63) is 37.0 Å². The van der Waals surface area contributed by atoms with E-state index in [0.29, 0.717) is 23.7 Å². The maximum atomic E-state index is 10.7. The number of aliphatic hydroxyl groups excluding tert-OH is 1. The van der Waals surface area contributed by atoms with Gasteiger partial charge in [-0.2, -0.15) is 0 Å². The van der Waals surface area contributed by atoms with Gasteiger partial charge in [-0.05, 0) is 19.8 Å². The predicted octanol–water partition coefficient (Wildman–Crippen LogP) is 2.21. The fourth-order valence-corrected chi connectivity index (χ4v) is 0.745. The number of carbonyl (C=O) groups excluding carboxylic acids is 3. The molecule has 0 aromatic rings. The molecular formula is C18H30O7. The lowest BCUT2D eigenvalue weighted by atomic mass is 10.2. The van der Waals surface area contributed by atoms with Crippen LogP contribution in [0, 0.1) is 5.92 Å². The van der Waals surface area contributed by atoms with Crippen LogP contribution in [0.25, 0.3) is 0 Å². The molecule has 0 heterocycles. The quantitative estimate of drug-likeness (QED) is 0.423. The normalized spacial score (nSPS) is 8.60. The molecule has 0 unspecified atom stereocenters. The maximum Gasteiger partial charge on any atom is 0.333 e. The Morgan fingerprint density at radius 2 is 1.52 bits per heavy atom. The van der Waals surface area contributed by atoms with E-state index in [2.05, 4.69) is 29.2 Å². The number of methoxy groups -OCH3 is 1. The average Bonchev–Trinajstić information content (AvgIpc) is 2.57. The van der Waals surface area contributed by atoms with E-state index in [4.69, 9.17) is 9.84 Å². The summed E-state index contributed by atoms with van der Waals surface area (Å²) in [5.41, 5.74) is 0.892. The molecular weight excluding hydrogens is 328 g/mol. The van der Waals surface area contributed by atoms with Gasteiger partial charge in [-0.15, -0.1) is 0 Å². The zero-order valence-corrected chi connectivity index (χ0v) is 15.8. The van der Waals surface area contributed by atoms with E-state index in [-0.39, 0.29) is 25.2 Å². The largest absolute Gasteiger partial charge is 0.466 e. The molecule has 0 aliphatic rings. The smallest absolute Gasteiger partial charge is 0.333 e. The van der Waals surface area contributed by atoms with Crippen LogP contribution in [0.3, 0.4) is 0 Å². The molecule has 144 valence electrons. The first kappa shape index (κ1) is 27.4. The zero-order chi connectivity index (χ0) is 20.4. The Hall–Kier alpha value is -2.41. The summed E-state index contributed by atoms with van der Waals surface area (Å²) < 4.78 is 13.4. The molecule has 0 aromatic carbocycles. The first-order chi connectivity index (χ1) is 11.5. The van der Waals surface area contributed by atoms with Gasteiger partial charge >= 0.3 is 17.9 Å². The number of aliphatic hydroxyl groups is 1. The molecule has 0 radical (unpaired) electrons. The summed E-state index contributed by atoms with van der Waals surface area (Å²) in [6.07, 6.45) is 1.05. The molecule has 0 atom stereocenters. The summed E-state index contributed by atoms with van der Waals surface area (Å²) in [7, 11) is 1.33. The fourth-order valence-electron chi connectivity index (χ4n) is 0.745. The van der Waals surface area contributed by atoms with Gasteiger partial charge in [0.15, 0.2) is 0 Å². The third-order valence-electron chi connectivity index (χ3n) is 1.93. The Labute approximate surface area is 150 Å². The van der Waals surface area contributed by atoms with Gasteiger partial charge in [0.1, 0.15) is 6.61 Å². The van der Waals surface area contributed by atoms with Crippen LogP contribution in [-0.4, -0.2) is 49.9 Å². The molecule has 1 N–H and O–H groups in total. The highest BCUT2D eigenvalue weighted by atomic mass is 16.5. The molecule has 25 heavy (non-hydrogen) atoms. The van der Waals surface area contributed by atoms with Crippen LogP contribution in [-0.2, 0) is 28.6 Å². The van der Waals surface area contributed by atoms with Crippen LogP contribution in [0.2, 0.25) is 0 Å². The Morgan fingerprint density at radius 3 is 1.76 bits per heavy atom. The van der Waals surface area contributed by atoms with Gasteiger partial charge < -0.3 is 19.3 Å². The highest BCUT2D eigenvalue weighted by Crippen LogP contribution is 1.97. The van der Waals surface area contributed by atoms with Gasteiger partial charge in [0, 0.05) is 17.2 Å². The Morgan fingerprint density at radius 1 is 1.04 bits per heavy atom. The summed E-state index contributed by atoms with van der Waals surface area (Å²) in [6, 6.07) is 0. The van der Waals surface area contributed by atoms with Gasteiger partial charge in [-0.25, -0.2) is 14.4 Å².